The van der Waals surface area contributed by atoms with E-state index in [0.29, 0.717) is 5.56 Å². The van der Waals surface area contributed by atoms with Crippen LogP contribution in [0.4, 0.5) is 8.78 Å². The van der Waals surface area contributed by atoms with Gasteiger partial charge in [0.05, 0.1) is 17.5 Å². The molecule has 116 valence electrons. The van der Waals surface area contributed by atoms with Gasteiger partial charge in [-0.2, -0.15) is 0 Å². The van der Waals surface area contributed by atoms with Crippen LogP contribution in [-0.2, 0) is 21.4 Å². The molecule has 0 bridgehead atoms. The summed E-state index contributed by atoms with van der Waals surface area (Å²) in [5.41, 5.74) is 0.639. The molecule has 6 nitrogen and oxygen atoms in total. The normalized spacial score (nSPS) is 21.2. The number of nitrogens with two attached hydrogens (primary N) is 1. The minimum Gasteiger partial charge on any atom is -0.351 e. The summed E-state index contributed by atoms with van der Waals surface area (Å²) in [6.45, 7) is -0.387. The van der Waals surface area contributed by atoms with E-state index in [4.69, 9.17) is 5.14 Å². The van der Waals surface area contributed by atoms with Crippen molar-refractivity contribution in [3.63, 3.8) is 0 Å². The van der Waals surface area contributed by atoms with Crippen molar-refractivity contribution in [3.05, 3.63) is 29.8 Å². The Morgan fingerprint density at radius 2 is 2.00 bits per heavy atom. The summed E-state index contributed by atoms with van der Waals surface area (Å²) in [6.07, 6.45) is -0.525. The molecule has 1 aliphatic heterocycles. The highest BCUT2D eigenvalue weighted by molar-refractivity contribution is 7.89. The van der Waals surface area contributed by atoms with Crippen LogP contribution in [-0.4, -0.2) is 32.8 Å². The number of halogens is 2. The second-order valence-corrected chi connectivity index (χ2v) is 6.46. The fourth-order valence-electron chi connectivity index (χ4n) is 2.01. The molecule has 1 heterocycles. The van der Waals surface area contributed by atoms with E-state index in [0.717, 1.165) is 0 Å². The summed E-state index contributed by atoms with van der Waals surface area (Å²) in [7, 11) is -3.76. The zero-order valence-corrected chi connectivity index (χ0v) is 11.8. The predicted molar refractivity (Wildman–Crippen MR) is 71.0 cm³/mol. The van der Waals surface area contributed by atoms with Crippen LogP contribution in [0.5, 0.6) is 0 Å². The number of hydrogen-bond donors (Lipinski definition) is 3. The monoisotopic (exact) mass is 319 g/mol. The van der Waals surface area contributed by atoms with Crippen molar-refractivity contribution in [3.8, 4) is 0 Å². The van der Waals surface area contributed by atoms with Gasteiger partial charge in [-0.05, 0) is 17.7 Å². The number of rotatable bonds is 4. The Balaban J connectivity index is 1.90. The Hall–Kier alpha value is -1.58. The van der Waals surface area contributed by atoms with Gasteiger partial charge in [-0.25, -0.2) is 22.3 Å². The molecule has 4 N–H and O–H groups in total. The van der Waals surface area contributed by atoms with Crippen LogP contribution in [0.15, 0.2) is 29.2 Å². The minimum absolute atomic E-state index is 0.0327. The maximum absolute atomic E-state index is 13.0. The molecule has 0 radical (unpaired) electrons. The average Bonchev–Trinajstić information content (AvgIpc) is 2.76. The predicted octanol–water partition coefficient (Wildman–Crippen LogP) is -0.0526. The van der Waals surface area contributed by atoms with E-state index in [2.05, 4.69) is 10.6 Å². The Bertz CT molecular complexity index is 632. The summed E-state index contributed by atoms with van der Waals surface area (Å²) in [5.74, 6) is -3.37. The minimum atomic E-state index is -3.76. The second kappa shape index (κ2) is 5.66. The lowest BCUT2D eigenvalue weighted by Gasteiger charge is -2.11. The van der Waals surface area contributed by atoms with E-state index < -0.39 is 40.9 Å². The molecule has 1 aromatic rings. The zero-order chi connectivity index (χ0) is 15.7. The lowest BCUT2D eigenvalue weighted by atomic mass is 10.1. The molecule has 1 amide bonds. The van der Waals surface area contributed by atoms with Gasteiger partial charge in [-0.3, -0.25) is 10.1 Å². The Labute approximate surface area is 120 Å². The fraction of sp³-hybridized carbons (Fsp3) is 0.417. The molecule has 2 rings (SSSR count). The summed E-state index contributed by atoms with van der Waals surface area (Å²) < 4.78 is 48.1. The number of primary sulfonamides is 1. The molecule has 1 aromatic carbocycles. The molecule has 21 heavy (non-hydrogen) atoms. The quantitative estimate of drug-likeness (QED) is 0.724. The molecular formula is C12H15F2N3O3S. The van der Waals surface area contributed by atoms with Gasteiger partial charge in [0, 0.05) is 13.0 Å². The smallest absolute Gasteiger partial charge is 0.262 e. The third kappa shape index (κ3) is 4.19. The molecule has 0 aromatic heterocycles. The van der Waals surface area contributed by atoms with Crippen molar-refractivity contribution in [2.24, 2.45) is 5.14 Å². The first-order valence-corrected chi connectivity index (χ1v) is 7.73. The van der Waals surface area contributed by atoms with E-state index in [1.165, 1.54) is 24.3 Å². The first-order chi connectivity index (χ1) is 9.67. The highest BCUT2D eigenvalue weighted by Gasteiger charge is 2.42. The number of nitrogens with one attached hydrogen (secondary N) is 2. The van der Waals surface area contributed by atoms with Crippen molar-refractivity contribution in [1.29, 1.82) is 0 Å². The number of sulfonamides is 1. The largest absolute Gasteiger partial charge is 0.351 e. The van der Waals surface area contributed by atoms with Crippen LogP contribution in [0.25, 0.3) is 0 Å². The topological polar surface area (TPSA) is 101 Å². The van der Waals surface area contributed by atoms with Gasteiger partial charge in [0.2, 0.25) is 15.9 Å². The molecular weight excluding hydrogens is 304 g/mol. The third-order valence-corrected chi connectivity index (χ3v) is 4.07. The summed E-state index contributed by atoms with van der Waals surface area (Å²) in [4.78, 5) is 11.7. The van der Waals surface area contributed by atoms with Crippen LogP contribution in [0.1, 0.15) is 12.0 Å². The van der Waals surface area contributed by atoms with Gasteiger partial charge >= 0.3 is 0 Å². The van der Waals surface area contributed by atoms with Gasteiger partial charge in [0.1, 0.15) is 0 Å². The summed E-state index contributed by atoms with van der Waals surface area (Å²) >= 11 is 0. The summed E-state index contributed by atoms with van der Waals surface area (Å²) in [6, 6.07) is 4.72. The molecule has 1 saturated heterocycles. The van der Waals surface area contributed by atoms with E-state index >= 15 is 0 Å². The third-order valence-electron chi connectivity index (χ3n) is 3.14. The second-order valence-electron chi connectivity index (χ2n) is 4.90. The molecule has 9 heteroatoms. The van der Waals surface area contributed by atoms with Crippen LogP contribution < -0.4 is 15.8 Å². The SMILES string of the molecule is NS(=O)(=O)c1ccc(CNC(=O)C2CC(F)(F)CN2)cc1. The Morgan fingerprint density at radius 3 is 2.48 bits per heavy atom. The number of amides is 1. The Morgan fingerprint density at radius 1 is 1.38 bits per heavy atom. The Kier molecular flexibility index (Phi) is 4.26. The average molecular weight is 319 g/mol. The fourth-order valence-corrected chi connectivity index (χ4v) is 2.53. The summed E-state index contributed by atoms with van der Waals surface area (Å²) in [5, 5.41) is 9.94. The first-order valence-electron chi connectivity index (χ1n) is 6.18. The standard InChI is InChI=1S/C12H15F2N3O3S/c13-12(14)5-10(17-7-12)11(18)16-6-8-1-3-9(4-2-8)21(15,19)20/h1-4,10,17H,5-7H2,(H,16,18)(H2,15,19,20). The van der Waals surface area contributed by atoms with Crippen molar-refractivity contribution < 1.29 is 22.0 Å². The molecule has 1 fully saturated rings. The van der Waals surface area contributed by atoms with Crippen LogP contribution >= 0.6 is 0 Å². The molecule has 0 saturated carbocycles. The van der Waals surface area contributed by atoms with Gasteiger partial charge in [0.15, 0.2) is 0 Å². The molecule has 0 aliphatic carbocycles. The van der Waals surface area contributed by atoms with Crippen LogP contribution in [0.2, 0.25) is 0 Å². The molecule has 1 unspecified atom stereocenters. The zero-order valence-electron chi connectivity index (χ0n) is 11.0. The number of benzene rings is 1. The molecule has 1 atom stereocenters. The molecule has 0 spiro atoms. The van der Waals surface area contributed by atoms with Gasteiger partial charge < -0.3 is 5.32 Å². The highest BCUT2D eigenvalue weighted by atomic mass is 32.2. The van der Waals surface area contributed by atoms with E-state index in [9.17, 15) is 22.0 Å². The van der Waals surface area contributed by atoms with Crippen LogP contribution in [0.3, 0.4) is 0 Å². The van der Waals surface area contributed by atoms with Crippen molar-refractivity contribution in [1.82, 2.24) is 10.6 Å². The van der Waals surface area contributed by atoms with Crippen molar-refractivity contribution >= 4 is 15.9 Å². The molecule has 1 aliphatic rings. The van der Waals surface area contributed by atoms with E-state index in [-0.39, 0.29) is 11.4 Å². The lowest BCUT2D eigenvalue weighted by Crippen LogP contribution is -2.40. The van der Waals surface area contributed by atoms with Gasteiger partial charge in [-0.15, -0.1) is 0 Å². The van der Waals surface area contributed by atoms with Gasteiger partial charge in [0.25, 0.3) is 5.92 Å². The van der Waals surface area contributed by atoms with Crippen molar-refractivity contribution in [2.45, 2.75) is 29.8 Å². The van der Waals surface area contributed by atoms with E-state index in [1.807, 2.05) is 0 Å². The number of carbonyl (C=O) groups excluding carboxylic acids is 1. The number of carbonyl (C=O) groups is 1. The highest BCUT2D eigenvalue weighted by Crippen LogP contribution is 2.25. The van der Waals surface area contributed by atoms with Gasteiger partial charge in [-0.1, -0.05) is 12.1 Å². The maximum Gasteiger partial charge on any atom is 0.262 e. The van der Waals surface area contributed by atoms with E-state index in [1.54, 1.807) is 0 Å². The number of hydrogen-bond acceptors (Lipinski definition) is 4. The van der Waals surface area contributed by atoms with Crippen molar-refractivity contribution in [2.75, 3.05) is 6.54 Å². The lowest BCUT2D eigenvalue weighted by molar-refractivity contribution is -0.123. The number of alkyl halides is 2. The maximum atomic E-state index is 13.0. The van der Waals surface area contributed by atoms with Crippen LogP contribution in [0, 0.1) is 0 Å². The first kappa shape index (κ1) is 15.8.